The molecule has 4 bridgehead atoms. The molecule has 0 saturated carbocycles. The summed E-state index contributed by atoms with van der Waals surface area (Å²) in [6.07, 6.45) is 29.7. The van der Waals surface area contributed by atoms with E-state index >= 15 is 0 Å². The molecule has 4 aromatic carbocycles. The molecule has 630 valence electrons. The number of esters is 3. The predicted molar refractivity (Wildman–Crippen MR) is 476 cm³/mol. The van der Waals surface area contributed by atoms with E-state index in [1.54, 1.807) is 27.7 Å². The van der Waals surface area contributed by atoms with Crippen molar-refractivity contribution < 1.29 is 66.9 Å². The molecule has 0 amide bonds. The number of unbranched alkanes of at least 4 members (excludes halogenated alkanes) is 14. The number of aromatic nitrogens is 4. The molecule has 0 saturated heterocycles. The Hall–Kier alpha value is -10.4. The number of aliphatic hydroxyl groups is 1. The molecule has 118 heavy (non-hydrogen) atoms. The highest BCUT2D eigenvalue weighted by atomic mass is 16.6. The van der Waals surface area contributed by atoms with Crippen LogP contribution in [0.15, 0.2) is 158 Å². The van der Waals surface area contributed by atoms with Gasteiger partial charge in [-0.25, -0.2) is 33.4 Å². The number of hydrogen-bond donors (Lipinski definition) is 1. The maximum absolute atomic E-state index is 12.2. The Bertz CT molecular complexity index is 4850. The van der Waals surface area contributed by atoms with Crippen molar-refractivity contribution in [2.45, 2.75) is 216 Å². The Balaban J connectivity index is 1.16. The summed E-state index contributed by atoms with van der Waals surface area (Å²) in [5.74, 6) is 3.74. The normalized spacial score (nSPS) is 12.5. The molecule has 3 atom stereocenters. The molecule has 0 aliphatic carbocycles. The van der Waals surface area contributed by atoms with Crippen molar-refractivity contribution >= 4 is 64.3 Å². The largest absolute Gasteiger partial charge is 0.494 e. The molecule has 18 nitrogen and oxygen atoms in total. The summed E-state index contributed by atoms with van der Waals surface area (Å²) in [5.41, 5.74) is 15.4. The zero-order chi connectivity index (χ0) is 83.7. The molecule has 8 aromatic rings. The van der Waals surface area contributed by atoms with Gasteiger partial charge in [-0.05, 0) is 274 Å². The van der Waals surface area contributed by atoms with E-state index < -0.39 is 6.29 Å². The number of nitrogens with zero attached hydrogens (tertiary/aromatic N) is 4. The molecule has 0 radical (unpaired) electrons. The summed E-state index contributed by atoms with van der Waals surface area (Å²) < 4.78 is 67.1. The number of rotatable bonds is 55. The van der Waals surface area contributed by atoms with Crippen LogP contribution in [-0.4, -0.2) is 114 Å². The van der Waals surface area contributed by atoms with E-state index in [1.165, 1.54) is 0 Å². The van der Waals surface area contributed by atoms with Crippen molar-refractivity contribution in [2.75, 3.05) is 66.1 Å². The maximum Gasteiger partial charge on any atom is 0.333 e. The van der Waals surface area contributed by atoms with Gasteiger partial charge < -0.3 is 52.5 Å². The van der Waals surface area contributed by atoms with Crippen LogP contribution >= 0.6 is 0 Å². The van der Waals surface area contributed by atoms with E-state index in [4.69, 9.17) is 57.3 Å². The van der Waals surface area contributed by atoms with E-state index in [2.05, 4.69) is 178 Å². The highest BCUT2D eigenvalue weighted by Gasteiger charge is 2.27. The lowest BCUT2D eigenvalue weighted by atomic mass is 10.00. The van der Waals surface area contributed by atoms with Crippen LogP contribution in [0, 0.1) is 11.8 Å². The summed E-state index contributed by atoms with van der Waals surface area (Å²) in [6, 6.07) is 38.3. The molecular formula is C100H126N4O14. The third kappa shape index (κ3) is 25.3. The van der Waals surface area contributed by atoms with Gasteiger partial charge in [0.25, 0.3) is 0 Å². The lowest BCUT2D eigenvalue weighted by Gasteiger charge is -2.21. The first kappa shape index (κ1) is 89.9. The minimum Gasteiger partial charge on any atom is -0.494 e. The van der Waals surface area contributed by atoms with Gasteiger partial charge in [-0.2, -0.15) is 0 Å². The Kier molecular flexibility index (Phi) is 35.5. The van der Waals surface area contributed by atoms with Crippen molar-refractivity contribution in [3.8, 4) is 79.0 Å². The predicted octanol–water partition coefficient (Wildman–Crippen LogP) is 24.1. The van der Waals surface area contributed by atoms with Gasteiger partial charge in [0.2, 0.25) is 0 Å². The SMILES string of the molecule is C=C(C)C(=O)OCCCCCCOc1ccc(-c2c3nc(c(-c4ccc(OCC(CC)CCCC)c(OCC(CC)CCCC)c4)c4ccc5c(-c6ccc(OCCCCCCOC(O)C(=C)C)cc6)c6nc(c(-c7ccc(OCCCCCCOC(=O)C(=C)C)c(OCCCCCCOC(=O)C(=C)C)c7)c7ccc2n7n54)C=C6)C=C3)cc1. The zero-order valence-corrected chi connectivity index (χ0v) is 71.3. The fraction of sp³-hybridized carbons (Fsp3) is 0.450. The van der Waals surface area contributed by atoms with Crippen LogP contribution in [0.2, 0.25) is 0 Å². The minimum absolute atomic E-state index is 0.323. The molecule has 4 aromatic heterocycles. The average Bonchev–Trinajstić information content (AvgIpc) is 1.55. The molecule has 6 heterocycles. The number of fused-ring (bicyclic) bond motifs is 4. The monoisotopic (exact) mass is 1610 g/mol. The Labute approximate surface area is 699 Å². The molecule has 0 spiro atoms. The molecule has 1 N–H and O–H groups in total. The lowest BCUT2D eigenvalue weighted by Crippen LogP contribution is -2.14. The van der Waals surface area contributed by atoms with E-state index in [0.717, 1.165) is 261 Å². The van der Waals surface area contributed by atoms with Crippen LogP contribution < -0.4 is 28.4 Å². The zero-order valence-electron chi connectivity index (χ0n) is 71.3. The number of benzene rings is 4. The molecular weight excluding hydrogens is 1480 g/mol. The summed E-state index contributed by atoms with van der Waals surface area (Å²) in [5, 5.41) is 10.1. The van der Waals surface area contributed by atoms with Gasteiger partial charge in [-0.15, -0.1) is 0 Å². The van der Waals surface area contributed by atoms with Crippen LogP contribution in [0.1, 0.15) is 232 Å². The topological polar surface area (TPSA) is 198 Å². The van der Waals surface area contributed by atoms with Crippen LogP contribution in [0.25, 0.3) is 90.9 Å². The summed E-state index contributed by atoms with van der Waals surface area (Å²) in [6.45, 7) is 35.2. The Morgan fingerprint density at radius 1 is 0.356 bits per heavy atom. The number of carbonyl (C=O) groups is 3. The first-order chi connectivity index (χ1) is 57.4. The summed E-state index contributed by atoms with van der Waals surface area (Å²) >= 11 is 0. The second-order valence-corrected chi connectivity index (χ2v) is 31.5. The fourth-order valence-electron chi connectivity index (χ4n) is 14.6. The second kappa shape index (κ2) is 46.6. The molecule has 2 aliphatic heterocycles. The van der Waals surface area contributed by atoms with Crippen LogP contribution in [0.5, 0.6) is 34.5 Å². The molecule has 0 fully saturated rings. The van der Waals surface area contributed by atoms with Crippen molar-refractivity contribution in [3.05, 3.63) is 181 Å². The van der Waals surface area contributed by atoms with Gasteiger partial charge in [0.15, 0.2) is 29.3 Å². The third-order valence-electron chi connectivity index (χ3n) is 21.7. The molecule has 2 aliphatic rings. The Morgan fingerprint density at radius 3 is 1.01 bits per heavy atom. The smallest absolute Gasteiger partial charge is 0.333 e. The highest BCUT2D eigenvalue weighted by molar-refractivity contribution is 6.02. The number of carbonyl (C=O) groups excluding carboxylic acids is 3. The lowest BCUT2D eigenvalue weighted by molar-refractivity contribution is -0.139. The van der Waals surface area contributed by atoms with Crippen molar-refractivity contribution in [1.29, 1.82) is 0 Å². The van der Waals surface area contributed by atoms with E-state index in [1.807, 2.05) is 18.2 Å². The van der Waals surface area contributed by atoms with Crippen molar-refractivity contribution in [1.82, 2.24) is 19.0 Å². The average molecular weight is 1610 g/mol. The standard InChI is InChI=1S/C100H126N4O14/c1-13-17-35-73(15-3)67-117-90-56-42-78(66-92(90)118-68-74(16-4)36-18-14-2)96-84-50-48-82(102-84)94(76-39-45-80(46-40-76)110-58-28-20-24-32-62-114-98(106)70(7)8)85-51-53-87-95(77-41-55-89(111-59-29-21-25-33-63-115-99(107)71(9)10)91(65-77)112-60-30-22-26-34-64-116-100(108)72(11)12)83-49-47-81(101-83)93(86-52-54-88(96)104(86)103(85)87)75-37-43-79(44-38-75)109-57-27-19-23-31-61-113-97(105)69(5)6/h37-56,65-66,73-74,97,105H,5,7,9,11,13-36,57-64,67-68H2,1-4,6,8,10,12H3. The van der Waals surface area contributed by atoms with Crippen LogP contribution in [0.4, 0.5) is 0 Å². The second-order valence-electron chi connectivity index (χ2n) is 31.5. The number of hydrogen-bond acceptors (Lipinski definition) is 16. The van der Waals surface area contributed by atoms with Crippen LogP contribution in [0.3, 0.4) is 0 Å². The summed E-state index contributed by atoms with van der Waals surface area (Å²) in [7, 11) is 0. The van der Waals surface area contributed by atoms with Crippen molar-refractivity contribution in [2.24, 2.45) is 11.8 Å². The maximum atomic E-state index is 12.2. The molecule has 3 unspecified atom stereocenters. The van der Waals surface area contributed by atoms with Gasteiger partial charge in [-0.3, -0.25) is 0 Å². The van der Waals surface area contributed by atoms with Crippen molar-refractivity contribution in [3.63, 3.8) is 0 Å². The number of ether oxygens (including phenoxy) is 10. The molecule has 18 heteroatoms. The summed E-state index contributed by atoms with van der Waals surface area (Å²) in [4.78, 5) is 47.9. The van der Waals surface area contributed by atoms with E-state index in [-0.39, 0.29) is 17.9 Å². The van der Waals surface area contributed by atoms with Gasteiger partial charge in [0.1, 0.15) is 11.5 Å². The fourth-order valence-corrected chi connectivity index (χ4v) is 14.6. The first-order valence-corrected chi connectivity index (χ1v) is 43.3. The first-order valence-electron chi connectivity index (χ1n) is 43.3. The number of aliphatic hydroxyl groups excluding tert-OH is 1. The highest BCUT2D eigenvalue weighted by Crippen LogP contribution is 2.46. The third-order valence-corrected chi connectivity index (χ3v) is 21.7. The quantitative estimate of drug-likeness (QED) is 0.00942. The molecule has 10 rings (SSSR count). The van der Waals surface area contributed by atoms with Gasteiger partial charge in [0.05, 0.1) is 111 Å². The van der Waals surface area contributed by atoms with Crippen LogP contribution in [-0.2, 0) is 33.3 Å². The van der Waals surface area contributed by atoms with Gasteiger partial charge in [0, 0.05) is 39.0 Å². The van der Waals surface area contributed by atoms with Gasteiger partial charge >= 0.3 is 17.9 Å². The van der Waals surface area contributed by atoms with E-state index in [0.29, 0.717) is 117 Å². The minimum atomic E-state index is -0.948. The van der Waals surface area contributed by atoms with Gasteiger partial charge in [-0.1, -0.05) is 135 Å². The Morgan fingerprint density at radius 2 is 0.661 bits per heavy atom. The van der Waals surface area contributed by atoms with E-state index in [9.17, 15) is 19.5 Å².